The summed E-state index contributed by atoms with van der Waals surface area (Å²) in [5.41, 5.74) is 11.7. The highest BCUT2D eigenvalue weighted by molar-refractivity contribution is 7.89. The van der Waals surface area contributed by atoms with Crippen LogP contribution in [0.1, 0.15) is 5.56 Å². The first kappa shape index (κ1) is 17.5. The van der Waals surface area contributed by atoms with Gasteiger partial charge in [-0.15, -0.1) is 0 Å². The average molecular weight is 377 g/mol. The zero-order valence-corrected chi connectivity index (χ0v) is 15.3. The van der Waals surface area contributed by atoms with Crippen LogP contribution in [0.3, 0.4) is 0 Å². The minimum Gasteiger partial charge on any atom is -0.354 e. The fraction of sp³-hybridized carbons (Fsp3) is 0.0476. The number of aromatic nitrogens is 1. The Balaban J connectivity index is 1.92. The number of nitrogens with one attached hydrogen (secondary N) is 1. The minimum absolute atomic E-state index is 0.0937. The summed E-state index contributed by atoms with van der Waals surface area (Å²) in [5, 5.41) is 6.31. The predicted octanol–water partition coefficient (Wildman–Crippen LogP) is 3.61. The largest absolute Gasteiger partial charge is 0.354 e. The van der Waals surface area contributed by atoms with E-state index in [4.69, 9.17) is 10.9 Å². The van der Waals surface area contributed by atoms with Crippen molar-refractivity contribution in [3.8, 4) is 22.4 Å². The van der Waals surface area contributed by atoms with E-state index in [9.17, 15) is 8.42 Å². The first-order valence-corrected chi connectivity index (χ1v) is 10.1. The van der Waals surface area contributed by atoms with Gasteiger partial charge in [0.1, 0.15) is 0 Å². The molecule has 4 aromatic rings. The Kier molecular flexibility index (Phi) is 4.31. The molecule has 5 nitrogen and oxygen atoms in total. The summed E-state index contributed by atoms with van der Waals surface area (Å²) in [5.74, 6) is 0. The molecule has 6 heteroatoms. The summed E-state index contributed by atoms with van der Waals surface area (Å²) in [6, 6.07) is 22.8. The minimum atomic E-state index is -3.72. The van der Waals surface area contributed by atoms with Gasteiger partial charge in [0.25, 0.3) is 0 Å². The number of fused-ring (bicyclic) bond motifs is 1. The predicted molar refractivity (Wildman–Crippen MR) is 108 cm³/mol. The second kappa shape index (κ2) is 6.66. The number of primary sulfonamides is 1. The zero-order chi connectivity index (χ0) is 19.0. The van der Waals surface area contributed by atoms with Crippen molar-refractivity contribution in [3.05, 3.63) is 78.4 Å². The zero-order valence-electron chi connectivity index (χ0n) is 14.5. The number of hydrogen-bond donors (Lipinski definition) is 3. The normalized spacial score (nSPS) is 11.8. The van der Waals surface area contributed by atoms with Crippen molar-refractivity contribution in [3.63, 3.8) is 0 Å². The molecule has 0 aliphatic heterocycles. The molecule has 1 aromatic heterocycles. The van der Waals surface area contributed by atoms with Crippen molar-refractivity contribution in [2.75, 3.05) is 0 Å². The lowest BCUT2D eigenvalue weighted by molar-refractivity contribution is 0.598. The summed E-state index contributed by atoms with van der Waals surface area (Å²) in [7, 11) is -3.72. The van der Waals surface area contributed by atoms with Gasteiger partial charge in [0, 0.05) is 23.0 Å². The van der Waals surface area contributed by atoms with Gasteiger partial charge in [0.2, 0.25) is 10.0 Å². The lowest BCUT2D eigenvalue weighted by Crippen LogP contribution is -2.11. The van der Waals surface area contributed by atoms with Crippen LogP contribution in [0.5, 0.6) is 0 Å². The second-order valence-electron chi connectivity index (χ2n) is 6.39. The third-order valence-corrected chi connectivity index (χ3v) is 5.59. The van der Waals surface area contributed by atoms with E-state index >= 15 is 0 Å². The van der Waals surface area contributed by atoms with Crippen LogP contribution in [0.4, 0.5) is 0 Å². The lowest BCUT2D eigenvalue weighted by atomic mass is 9.97. The molecular formula is C21H19N3O2S. The van der Waals surface area contributed by atoms with Crippen molar-refractivity contribution in [1.82, 2.24) is 4.98 Å². The van der Waals surface area contributed by atoms with Gasteiger partial charge in [-0.25, -0.2) is 13.6 Å². The quantitative estimate of drug-likeness (QED) is 0.506. The fourth-order valence-electron chi connectivity index (χ4n) is 3.28. The molecule has 5 N–H and O–H groups in total. The van der Waals surface area contributed by atoms with Gasteiger partial charge < -0.3 is 10.7 Å². The van der Waals surface area contributed by atoms with Crippen molar-refractivity contribution in [2.24, 2.45) is 10.9 Å². The Hall–Kier alpha value is -2.93. The number of rotatable bonds is 4. The van der Waals surface area contributed by atoms with E-state index in [0.29, 0.717) is 6.54 Å². The van der Waals surface area contributed by atoms with Crippen molar-refractivity contribution >= 4 is 20.9 Å². The van der Waals surface area contributed by atoms with Crippen LogP contribution < -0.4 is 10.9 Å². The molecule has 27 heavy (non-hydrogen) atoms. The van der Waals surface area contributed by atoms with Crippen LogP contribution in [0.25, 0.3) is 33.3 Å². The Morgan fingerprint density at radius 1 is 0.815 bits per heavy atom. The third-order valence-electron chi connectivity index (χ3n) is 4.66. The molecule has 0 aliphatic carbocycles. The Labute approximate surface area is 157 Å². The van der Waals surface area contributed by atoms with Gasteiger partial charge in [0.05, 0.1) is 10.6 Å². The van der Waals surface area contributed by atoms with Crippen LogP contribution in [0.2, 0.25) is 0 Å². The van der Waals surface area contributed by atoms with E-state index in [1.54, 1.807) is 12.1 Å². The Bertz CT molecular complexity index is 1210. The highest BCUT2D eigenvalue weighted by atomic mass is 32.2. The molecule has 0 saturated carbocycles. The van der Waals surface area contributed by atoms with Gasteiger partial charge in [-0.1, -0.05) is 54.6 Å². The van der Waals surface area contributed by atoms with E-state index in [-0.39, 0.29) is 4.90 Å². The standard InChI is InChI=1S/C21H19N3O2S/c22-13-14-5-7-15(8-6-14)20-18-3-1-2-4-19(18)24-21(20)16-9-11-17(12-10-16)27(23,25)26/h1-12,24H,13,22H2,(H2,23,25,26). The van der Waals surface area contributed by atoms with Crippen molar-refractivity contribution in [2.45, 2.75) is 11.4 Å². The number of para-hydroxylation sites is 1. The summed E-state index contributed by atoms with van der Waals surface area (Å²) >= 11 is 0. The maximum absolute atomic E-state index is 11.5. The van der Waals surface area contributed by atoms with E-state index in [2.05, 4.69) is 23.2 Å². The van der Waals surface area contributed by atoms with Crippen LogP contribution in [0.15, 0.2) is 77.7 Å². The number of H-pyrrole nitrogens is 1. The van der Waals surface area contributed by atoms with Gasteiger partial charge in [-0.3, -0.25) is 0 Å². The van der Waals surface area contributed by atoms with E-state index in [0.717, 1.165) is 38.9 Å². The molecule has 1 heterocycles. The molecule has 0 saturated heterocycles. The lowest BCUT2D eigenvalue weighted by Gasteiger charge is -2.08. The molecule has 0 spiro atoms. The molecule has 0 aliphatic rings. The molecular weight excluding hydrogens is 358 g/mol. The topological polar surface area (TPSA) is 102 Å². The molecule has 3 aromatic carbocycles. The molecule has 0 unspecified atom stereocenters. The molecule has 0 radical (unpaired) electrons. The monoisotopic (exact) mass is 377 g/mol. The van der Waals surface area contributed by atoms with Crippen LogP contribution in [-0.2, 0) is 16.6 Å². The first-order valence-electron chi connectivity index (χ1n) is 8.51. The highest BCUT2D eigenvalue weighted by Gasteiger charge is 2.16. The van der Waals surface area contributed by atoms with Crippen LogP contribution in [0, 0.1) is 0 Å². The summed E-state index contributed by atoms with van der Waals surface area (Å²) in [6.45, 7) is 0.496. The van der Waals surface area contributed by atoms with Crippen molar-refractivity contribution in [1.29, 1.82) is 0 Å². The molecule has 136 valence electrons. The molecule has 0 fully saturated rings. The second-order valence-corrected chi connectivity index (χ2v) is 7.95. The van der Waals surface area contributed by atoms with Crippen LogP contribution in [-0.4, -0.2) is 13.4 Å². The van der Waals surface area contributed by atoms with Crippen LogP contribution >= 0.6 is 0 Å². The van der Waals surface area contributed by atoms with Crippen molar-refractivity contribution < 1.29 is 8.42 Å². The van der Waals surface area contributed by atoms with Gasteiger partial charge in [-0.05, 0) is 34.9 Å². The molecule has 0 amide bonds. The summed E-state index contributed by atoms with van der Waals surface area (Å²) < 4.78 is 23.1. The number of nitrogens with two attached hydrogens (primary N) is 2. The summed E-state index contributed by atoms with van der Waals surface area (Å²) in [4.78, 5) is 3.55. The fourth-order valence-corrected chi connectivity index (χ4v) is 3.79. The van der Waals surface area contributed by atoms with E-state index in [1.807, 2.05) is 30.3 Å². The third kappa shape index (κ3) is 3.26. The smallest absolute Gasteiger partial charge is 0.238 e. The highest BCUT2D eigenvalue weighted by Crippen LogP contribution is 2.38. The van der Waals surface area contributed by atoms with Gasteiger partial charge in [-0.2, -0.15) is 0 Å². The molecule has 0 atom stereocenters. The van der Waals surface area contributed by atoms with Gasteiger partial charge >= 0.3 is 0 Å². The average Bonchev–Trinajstić information content (AvgIpc) is 3.07. The number of benzene rings is 3. The van der Waals surface area contributed by atoms with Gasteiger partial charge in [0.15, 0.2) is 0 Å². The number of hydrogen-bond acceptors (Lipinski definition) is 3. The van der Waals surface area contributed by atoms with E-state index in [1.165, 1.54) is 12.1 Å². The molecule has 4 rings (SSSR count). The maximum Gasteiger partial charge on any atom is 0.238 e. The Morgan fingerprint density at radius 3 is 2.07 bits per heavy atom. The van der Waals surface area contributed by atoms with E-state index < -0.39 is 10.0 Å². The molecule has 0 bridgehead atoms. The number of aromatic amines is 1. The first-order chi connectivity index (χ1) is 13.0. The Morgan fingerprint density at radius 2 is 1.44 bits per heavy atom. The SMILES string of the molecule is NCc1ccc(-c2c(-c3ccc(S(N)(=O)=O)cc3)[nH]c3ccccc23)cc1. The summed E-state index contributed by atoms with van der Waals surface area (Å²) in [6.07, 6.45) is 0. The maximum atomic E-state index is 11.5. The number of sulfonamides is 1.